The number of aliphatic hydroxyl groups is 1. The van der Waals surface area contributed by atoms with E-state index in [-0.39, 0.29) is 30.4 Å². The number of hydrogen-bond acceptors (Lipinski definition) is 3. The highest BCUT2D eigenvalue weighted by molar-refractivity contribution is 5.68. The Balaban J connectivity index is 2.13. The van der Waals surface area contributed by atoms with Crippen LogP contribution in [0, 0.1) is 11.7 Å². The van der Waals surface area contributed by atoms with Crippen LogP contribution in [0.25, 0.3) is 0 Å². The Labute approximate surface area is 130 Å². The zero-order valence-electron chi connectivity index (χ0n) is 13.4. The number of halogens is 1. The van der Waals surface area contributed by atoms with E-state index in [1.165, 1.54) is 12.1 Å². The van der Waals surface area contributed by atoms with Gasteiger partial charge in [0.1, 0.15) is 11.4 Å². The summed E-state index contributed by atoms with van der Waals surface area (Å²) in [5, 5.41) is 9.58. The first-order chi connectivity index (χ1) is 10.3. The molecule has 0 aromatic heterocycles. The predicted octanol–water partition coefficient (Wildman–Crippen LogP) is 3.16. The lowest BCUT2D eigenvalue weighted by molar-refractivity contribution is 0.0122. The molecule has 1 amide bonds. The molecule has 122 valence electrons. The molecule has 4 nitrogen and oxygen atoms in total. The van der Waals surface area contributed by atoms with Crippen molar-refractivity contribution in [3.63, 3.8) is 0 Å². The van der Waals surface area contributed by atoms with Gasteiger partial charge in [-0.25, -0.2) is 9.18 Å². The largest absolute Gasteiger partial charge is 0.444 e. The van der Waals surface area contributed by atoms with Gasteiger partial charge in [-0.2, -0.15) is 0 Å². The van der Waals surface area contributed by atoms with Crippen molar-refractivity contribution in [1.82, 2.24) is 4.90 Å². The summed E-state index contributed by atoms with van der Waals surface area (Å²) in [6, 6.07) is 6.27. The van der Waals surface area contributed by atoms with E-state index in [4.69, 9.17) is 4.74 Å². The zero-order chi connectivity index (χ0) is 16.3. The number of likely N-dealkylation sites (tertiary alicyclic amines) is 1. The minimum absolute atomic E-state index is 0.00753. The fraction of sp³-hybridized carbons (Fsp3) is 0.588. The predicted molar refractivity (Wildman–Crippen MR) is 82.1 cm³/mol. The number of rotatable bonds is 2. The first kappa shape index (κ1) is 16.7. The monoisotopic (exact) mass is 309 g/mol. The summed E-state index contributed by atoms with van der Waals surface area (Å²) >= 11 is 0. The number of carbonyl (C=O) groups excluding carboxylic acids is 1. The van der Waals surface area contributed by atoms with Gasteiger partial charge in [0, 0.05) is 25.6 Å². The van der Waals surface area contributed by atoms with Crippen LogP contribution in [0.5, 0.6) is 0 Å². The summed E-state index contributed by atoms with van der Waals surface area (Å²) in [5.74, 6) is -0.222. The van der Waals surface area contributed by atoms with E-state index < -0.39 is 5.60 Å². The normalized spacial score (nSPS) is 22.5. The van der Waals surface area contributed by atoms with Gasteiger partial charge in [0.25, 0.3) is 0 Å². The number of nitrogens with zero attached hydrogens (tertiary/aromatic N) is 1. The highest BCUT2D eigenvalue weighted by atomic mass is 19.1. The van der Waals surface area contributed by atoms with E-state index in [0.29, 0.717) is 19.5 Å². The van der Waals surface area contributed by atoms with Gasteiger partial charge in [0.2, 0.25) is 0 Å². The Bertz CT molecular complexity index is 510. The summed E-state index contributed by atoms with van der Waals surface area (Å²) < 4.78 is 18.5. The van der Waals surface area contributed by atoms with Crippen molar-refractivity contribution in [3.8, 4) is 0 Å². The van der Waals surface area contributed by atoms with Crippen molar-refractivity contribution in [2.24, 2.45) is 5.92 Å². The van der Waals surface area contributed by atoms with Crippen LogP contribution < -0.4 is 0 Å². The number of carbonyl (C=O) groups is 1. The lowest BCUT2D eigenvalue weighted by Gasteiger charge is -2.38. The molecule has 1 saturated heterocycles. The molecule has 0 aliphatic carbocycles. The summed E-state index contributed by atoms with van der Waals surface area (Å²) in [6.45, 7) is 6.61. The molecule has 2 rings (SSSR count). The van der Waals surface area contributed by atoms with Gasteiger partial charge in [0.15, 0.2) is 0 Å². The van der Waals surface area contributed by atoms with E-state index in [1.807, 2.05) is 20.8 Å². The molecule has 1 N–H and O–H groups in total. The van der Waals surface area contributed by atoms with Crippen molar-refractivity contribution < 1.29 is 19.0 Å². The Morgan fingerprint density at radius 2 is 2.00 bits per heavy atom. The molecular formula is C17H24FNO3. The van der Waals surface area contributed by atoms with Crippen LogP contribution in [-0.4, -0.2) is 41.4 Å². The Kier molecular flexibility index (Phi) is 5.06. The molecule has 2 atom stereocenters. The van der Waals surface area contributed by atoms with E-state index in [1.54, 1.807) is 17.0 Å². The van der Waals surface area contributed by atoms with Gasteiger partial charge >= 0.3 is 6.09 Å². The average Bonchev–Trinajstić information content (AvgIpc) is 2.45. The van der Waals surface area contributed by atoms with E-state index in [2.05, 4.69) is 0 Å². The topological polar surface area (TPSA) is 49.8 Å². The minimum Gasteiger partial charge on any atom is -0.444 e. The highest BCUT2D eigenvalue weighted by Crippen LogP contribution is 2.33. The highest BCUT2D eigenvalue weighted by Gasteiger charge is 2.34. The maximum atomic E-state index is 13.1. The summed E-state index contributed by atoms with van der Waals surface area (Å²) in [5.41, 5.74) is 0.407. The van der Waals surface area contributed by atoms with E-state index >= 15 is 0 Å². The Morgan fingerprint density at radius 1 is 1.36 bits per heavy atom. The summed E-state index contributed by atoms with van der Waals surface area (Å²) in [4.78, 5) is 13.9. The Hall–Kier alpha value is -1.62. The van der Waals surface area contributed by atoms with Crippen LogP contribution in [-0.2, 0) is 4.74 Å². The molecule has 1 fully saturated rings. The molecule has 1 heterocycles. The third-order valence-corrected chi connectivity index (χ3v) is 3.94. The third-order valence-electron chi connectivity index (χ3n) is 3.94. The summed E-state index contributed by atoms with van der Waals surface area (Å²) in [7, 11) is 0. The number of piperidine rings is 1. The molecule has 1 aromatic rings. The molecule has 0 unspecified atom stereocenters. The molecule has 0 spiro atoms. The van der Waals surface area contributed by atoms with Crippen molar-refractivity contribution in [2.45, 2.75) is 38.7 Å². The van der Waals surface area contributed by atoms with E-state index in [0.717, 1.165) is 5.56 Å². The lowest BCUT2D eigenvalue weighted by atomic mass is 9.81. The molecular weight excluding hydrogens is 285 g/mol. The third kappa shape index (κ3) is 4.19. The molecule has 0 saturated carbocycles. The smallest absolute Gasteiger partial charge is 0.410 e. The number of aliphatic hydroxyl groups excluding tert-OH is 1. The van der Waals surface area contributed by atoms with Crippen LogP contribution in [0.1, 0.15) is 38.7 Å². The second-order valence-electron chi connectivity index (χ2n) is 6.82. The fourth-order valence-electron chi connectivity index (χ4n) is 2.80. The molecule has 0 radical (unpaired) electrons. The summed E-state index contributed by atoms with van der Waals surface area (Å²) in [6.07, 6.45) is 0.369. The van der Waals surface area contributed by atoms with Crippen molar-refractivity contribution in [1.29, 1.82) is 0 Å². The molecule has 1 aromatic carbocycles. The van der Waals surface area contributed by atoms with Gasteiger partial charge in [0.05, 0.1) is 0 Å². The van der Waals surface area contributed by atoms with E-state index in [9.17, 15) is 14.3 Å². The first-order valence-electron chi connectivity index (χ1n) is 7.64. The minimum atomic E-state index is -0.531. The second kappa shape index (κ2) is 6.65. The maximum Gasteiger partial charge on any atom is 0.410 e. The van der Waals surface area contributed by atoms with Crippen LogP contribution in [0.2, 0.25) is 0 Å². The van der Waals surface area contributed by atoms with Gasteiger partial charge in [-0.05, 0) is 50.8 Å². The molecule has 22 heavy (non-hydrogen) atoms. The van der Waals surface area contributed by atoms with Crippen LogP contribution >= 0.6 is 0 Å². The van der Waals surface area contributed by atoms with Crippen LogP contribution in [0.3, 0.4) is 0 Å². The maximum absolute atomic E-state index is 13.1. The molecule has 5 heteroatoms. The van der Waals surface area contributed by atoms with Gasteiger partial charge in [-0.1, -0.05) is 12.1 Å². The van der Waals surface area contributed by atoms with Gasteiger partial charge < -0.3 is 14.7 Å². The number of benzene rings is 1. The van der Waals surface area contributed by atoms with Gasteiger partial charge in [-0.15, -0.1) is 0 Å². The fourth-order valence-corrected chi connectivity index (χ4v) is 2.80. The number of ether oxygens (including phenoxy) is 1. The van der Waals surface area contributed by atoms with Gasteiger partial charge in [-0.3, -0.25) is 0 Å². The number of hydrogen-bond donors (Lipinski definition) is 1. The number of amides is 1. The quantitative estimate of drug-likeness (QED) is 0.913. The lowest BCUT2D eigenvalue weighted by Crippen LogP contribution is -2.45. The SMILES string of the molecule is CC(C)(C)OC(=O)N1CC[C@@H](CO)[C@H](c2ccc(F)cc2)C1. The zero-order valence-corrected chi connectivity index (χ0v) is 13.4. The standard InChI is InChI=1S/C17H24FNO3/c1-17(2,3)22-16(21)19-9-8-13(11-20)15(10-19)12-4-6-14(18)7-5-12/h4-7,13,15,20H,8-11H2,1-3H3/t13-,15-/m0/s1. The van der Waals surface area contributed by atoms with Crippen LogP contribution in [0.4, 0.5) is 9.18 Å². The second-order valence-corrected chi connectivity index (χ2v) is 6.82. The molecule has 1 aliphatic heterocycles. The van der Waals surface area contributed by atoms with Crippen molar-refractivity contribution >= 4 is 6.09 Å². The van der Waals surface area contributed by atoms with Crippen molar-refractivity contribution in [2.75, 3.05) is 19.7 Å². The van der Waals surface area contributed by atoms with Crippen LogP contribution in [0.15, 0.2) is 24.3 Å². The molecule has 1 aliphatic rings. The molecule has 0 bridgehead atoms. The Morgan fingerprint density at radius 3 is 2.55 bits per heavy atom. The first-order valence-corrected chi connectivity index (χ1v) is 7.64. The average molecular weight is 309 g/mol. The van der Waals surface area contributed by atoms with Crippen molar-refractivity contribution in [3.05, 3.63) is 35.6 Å².